The zero-order chi connectivity index (χ0) is 15.6. The Balaban J connectivity index is 2.17. The average molecular weight is 319 g/mol. The van der Waals surface area contributed by atoms with Crippen molar-refractivity contribution in [2.45, 2.75) is 18.6 Å². The molecule has 0 spiro atoms. The van der Waals surface area contributed by atoms with Crippen molar-refractivity contribution in [1.82, 2.24) is 4.98 Å². The van der Waals surface area contributed by atoms with Crippen molar-refractivity contribution >= 4 is 11.6 Å². The number of halogens is 5. The molecule has 0 radical (unpaired) electrons. The summed E-state index contributed by atoms with van der Waals surface area (Å²) >= 11 is 5.81. The van der Waals surface area contributed by atoms with Gasteiger partial charge in [-0.3, -0.25) is 4.98 Å². The summed E-state index contributed by atoms with van der Waals surface area (Å²) in [6, 6.07) is 5.76. The number of alkyl halides is 3. The molecule has 0 aliphatic carbocycles. The van der Waals surface area contributed by atoms with E-state index in [1.54, 1.807) is 6.07 Å². The number of hydrogen-bond acceptors (Lipinski definition) is 2. The molecular weight excluding hydrogens is 308 g/mol. The van der Waals surface area contributed by atoms with Crippen molar-refractivity contribution in [3.05, 3.63) is 64.2 Å². The number of rotatable bonds is 3. The van der Waals surface area contributed by atoms with Gasteiger partial charge in [-0.05, 0) is 30.2 Å². The molecule has 2 rings (SSSR count). The number of nitrogens with two attached hydrogens (primary N) is 1. The van der Waals surface area contributed by atoms with E-state index in [0.29, 0.717) is 5.56 Å². The van der Waals surface area contributed by atoms with Crippen molar-refractivity contribution < 1.29 is 17.6 Å². The first-order valence-electron chi connectivity index (χ1n) is 6.00. The van der Waals surface area contributed by atoms with E-state index in [-0.39, 0.29) is 17.1 Å². The van der Waals surface area contributed by atoms with Crippen LogP contribution in [0, 0.1) is 5.82 Å². The smallest absolute Gasteiger partial charge is 0.322 e. The second-order valence-electron chi connectivity index (χ2n) is 4.49. The molecule has 0 amide bonds. The number of pyridine rings is 1. The van der Waals surface area contributed by atoms with Gasteiger partial charge in [-0.2, -0.15) is 13.2 Å². The summed E-state index contributed by atoms with van der Waals surface area (Å²) in [4.78, 5) is 3.71. The van der Waals surface area contributed by atoms with Gasteiger partial charge in [-0.25, -0.2) is 4.39 Å². The molecule has 0 aliphatic rings. The van der Waals surface area contributed by atoms with E-state index in [0.717, 1.165) is 12.3 Å². The Morgan fingerprint density at radius 3 is 2.48 bits per heavy atom. The van der Waals surface area contributed by atoms with E-state index in [9.17, 15) is 17.6 Å². The fraction of sp³-hybridized carbons (Fsp3) is 0.214. The van der Waals surface area contributed by atoms with E-state index in [1.165, 1.54) is 18.2 Å². The predicted octanol–water partition coefficient (Wildman–Crippen LogP) is 4.14. The van der Waals surface area contributed by atoms with Gasteiger partial charge in [0, 0.05) is 6.20 Å². The maximum atomic E-state index is 13.3. The molecule has 1 aromatic heterocycles. The minimum absolute atomic E-state index is 0.0418. The van der Waals surface area contributed by atoms with Gasteiger partial charge in [-0.15, -0.1) is 0 Å². The van der Waals surface area contributed by atoms with Crippen LogP contribution in [0.25, 0.3) is 0 Å². The van der Waals surface area contributed by atoms with Gasteiger partial charge in [-0.1, -0.05) is 23.7 Å². The topological polar surface area (TPSA) is 38.9 Å². The monoisotopic (exact) mass is 318 g/mol. The SMILES string of the molecule is NC(Cc1cccc(F)c1Cl)c1ccc(C(F)(F)F)cn1. The van der Waals surface area contributed by atoms with Crippen molar-refractivity contribution in [1.29, 1.82) is 0 Å². The normalized spacial score (nSPS) is 13.2. The molecule has 7 heteroatoms. The number of benzene rings is 1. The first kappa shape index (κ1) is 15.7. The lowest BCUT2D eigenvalue weighted by molar-refractivity contribution is -0.137. The summed E-state index contributed by atoms with van der Waals surface area (Å²) < 4.78 is 50.6. The highest BCUT2D eigenvalue weighted by Crippen LogP contribution is 2.29. The quantitative estimate of drug-likeness (QED) is 0.864. The van der Waals surface area contributed by atoms with E-state index >= 15 is 0 Å². The zero-order valence-corrected chi connectivity index (χ0v) is 11.4. The molecular formula is C14H11ClF4N2. The van der Waals surface area contributed by atoms with Crippen LogP contribution in [0.1, 0.15) is 22.9 Å². The fourth-order valence-electron chi connectivity index (χ4n) is 1.84. The van der Waals surface area contributed by atoms with E-state index < -0.39 is 23.6 Å². The lowest BCUT2D eigenvalue weighted by Gasteiger charge is -2.13. The molecule has 1 atom stereocenters. The third kappa shape index (κ3) is 3.71. The molecule has 2 nitrogen and oxygen atoms in total. The van der Waals surface area contributed by atoms with Gasteiger partial charge < -0.3 is 5.73 Å². The van der Waals surface area contributed by atoms with Crippen molar-refractivity contribution in [2.75, 3.05) is 0 Å². The van der Waals surface area contributed by atoms with Crippen molar-refractivity contribution in [3.8, 4) is 0 Å². The maximum Gasteiger partial charge on any atom is 0.417 e. The summed E-state index contributed by atoms with van der Waals surface area (Å²) in [6.07, 6.45) is -3.54. The molecule has 2 N–H and O–H groups in total. The van der Waals surface area contributed by atoms with Gasteiger partial charge in [0.25, 0.3) is 0 Å². The second kappa shape index (κ2) is 5.99. The highest BCUT2D eigenvalue weighted by atomic mass is 35.5. The Labute approximate surface area is 123 Å². The molecule has 112 valence electrons. The number of aromatic nitrogens is 1. The first-order chi connectivity index (χ1) is 9.79. The number of nitrogens with zero attached hydrogens (tertiary/aromatic N) is 1. The largest absolute Gasteiger partial charge is 0.417 e. The standard InChI is InChI=1S/C14H11ClF4N2/c15-13-8(2-1-3-10(13)16)6-11(20)12-5-4-9(7-21-12)14(17,18)19/h1-5,7,11H,6,20H2. The number of hydrogen-bond donors (Lipinski definition) is 1. The maximum absolute atomic E-state index is 13.3. The van der Waals surface area contributed by atoms with Crippen LogP contribution in [0.5, 0.6) is 0 Å². The molecule has 0 bridgehead atoms. The Kier molecular flexibility index (Phi) is 4.49. The van der Waals surface area contributed by atoms with Crippen LogP contribution >= 0.6 is 11.6 Å². The van der Waals surface area contributed by atoms with Crippen molar-refractivity contribution in [3.63, 3.8) is 0 Å². The van der Waals surface area contributed by atoms with E-state index in [1.807, 2.05) is 0 Å². The molecule has 1 unspecified atom stereocenters. The lowest BCUT2D eigenvalue weighted by atomic mass is 10.0. The van der Waals surface area contributed by atoms with Crippen LogP contribution in [-0.2, 0) is 12.6 Å². The molecule has 0 aliphatic heterocycles. The fourth-order valence-corrected chi connectivity index (χ4v) is 2.04. The van der Waals surface area contributed by atoms with Gasteiger partial charge >= 0.3 is 6.18 Å². The van der Waals surface area contributed by atoms with Crippen molar-refractivity contribution in [2.24, 2.45) is 5.73 Å². The molecule has 1 heterocycles. The zero-order valence-electron chi connectivity index (χ0n) is 10.7. The molecule has 0 fully saturated rings. The Morgan fingerprint density at radius 1 is 1.19 bits per heavy atom. The Hall–Kier alpha value is -1.66. The van der Waals surface area contributed by atoms with Crippen LogP contribution in [0.3, 0.4) is 0 Å². The molecule has 2 aromatic rings. The van der Waals surface area contributed by atoms with Crippen LogP contribution in [0.2, 0.25) is 5.02 Å². The third-order valence-electron chi connectivity index (χ3n) is 2.96. The predicted molar refractivity (Wildman–Crippen MR) is 71.3 cm³/mol. The summed E-state index contributed by atoms with van der Waals surface area (Å²) in [5.74, 6) is -0.568. The molecule has 0 saturated heterocycles. The minimum atomic E-state index is -4.44. The van der Waals surface area contributed by atoms with Crippen LogP contribution in [0.15, 0.2) is 36.5 Å². The van der Waals surface area contributed by atoms with Gasteiger partial charge in [0.1, 0.15) is 5.82 Å². The van der Waals surface area contributed by atoms with Crippen LogP contribution in [-0.4, -0.2) is 4.98 Å². The van der Waals surface area contributed by atoms with Gasteiger partial charge in [0.2, 0.25) is 0 Å². The van der Waals surface area contributed by atoms with Gasteiger partial charge in [0.15, 0.2) is 0 Å². The second-order valence-corrected chi connectivity index (χ2v) is 4.87. The summed E-state index contributed by atoms with van der Waals surface area (Å²) in [7, 11) is 0. The van der Waals surface area contributed by atoms with Crippen LogP contribution < -0.4 is 5.73 Å². The molecule has 0 saturated carbocycles. The third-order valence-corrected chi connectivity index (χ3v) is 3.39. The molecule has 1 aromatic carbocycles. The first-order valence-corrected chi connectivity index (χ1v) is 6.38. The van der Waals surface area contributed by atoms with E-state index in [2.05, 4.69) is 4.98 Å². The summed E-state index contributed by atoms with van der Waals surface area (Å²) in [5.41, 5.74) is 5.79. The highest BCUT2D eigenvalue weighted by molar-refractivity contribution is 6.31. The summed E-state index contributed by atoms with van der Waals surface area (Å²) in [6.45, 7) is 0. The average Bonchev–Trinajstić information content (AvgIpc) is 2.43. The highest BCUT2D eigenvalue weighted by Gasteiger charge is 2.30. The van der Waals surface area contributed by atoms with Crippen LogP contribution in [0.4, 0.5) is 17.6 Å². The Morgan fingerprint density at radius 2 is 1.90 bits per heavy atom. The van der Waals surface area contributed by atoms with E-state index in [4.69, 9.17) is 17.3 Å². The minimum Gasteiger partial charge on any atom is -0.322 e. The van der Waals surface area contributed by atoms with Gasteiger partial charge in [0.05, 0.1) is 22.3 Å². The Bertz CT molecular complexity index is 626. The lowest BCUT2D eigenvalue weighted by Crippen LogP contribution is -2.16. The molecule has 21 heavy (non-hydrogen) atoms. The summed E-state index contributed by atoms with van der Waals surface area (Å²) in [5, 5.41) is -0.0418.